The van der Waals surface area contributed by atoms with E-state index in [4.69, 9.17) is 0 Å². The predicted octanol–water partition coefficient (Wildman–Crippen LogP) is 2.62. The van der Waals surface area contributed by atoms with Gasteiger partial charge in [-0.25, -0.2) is 4.68 Å². The van der Waals surface area contributed by atoms with E-state index in [1.54, 1.807) is 10.9 Å². The van der Waals surface area contributed by atoms with Gasteiger partial charge in [0.15, 0.2) is 11.6 Å². The van der Waals surface area contributed by atoms with Crippen LogP contribution in [0.5, 0.6) is 0 Å². The number of amides is 1. The number of piperazine rings is 1. The molecule has 2 aliphatic rings. The zero-order valence-corrected chi connectivity index (χ0v) is 17.6. The number of nitrogens with zero attached hydrogens (tertiary/aromatic N) is 7. The molecule has 3 aromatic rings. The van der Waals surface area contributed by atoms with Crippen molar-refractivity contribution < 1.29 is 4.79 Å². The first kappa shape index (κ1) is 19.5. The van der Waals surface area contributed by atoms with Crippen LogP contribution in [-0.2, 0) is 0 Å². The van der Waals surface area contributed by atoms with Gasteiger partial charge in [0, 0.05) is 57.2 Å². The minimum Gasteiger partial charge on any atom is -0.355 e. The first-order valence-electron chi connectivity index (χ1n) is 11.0. The molecule has 31 heavy (non-hydrogen) atoms. The van der Waals surface area contributed by atoms with Crippen LogP contribution in [0.15, 0.2) is 54.9 Å². The van der Waals surface area contributed by atoms with Crippen LogP contribution in [0.1, 0.15) is 29.6 Å². The van der Waals surface area contributed by atoms with E-state index >= 15 is 0 Å². The van der Waals surface area contributed by atoms with Crippen molar-refractivity contribution >= 4 is 17.5 Å². The lowest BCUT2D eigenvalue weighted by atomic mass is 10.1. The lowest BCUT2D eigenvalue weighted by Gasteiger charge is -2.35. The molecule has 2 saturated heterocycles. The Morgan fingerprint density at radius 3 is 2.13 bits per heavy atom. The van der Waals surface area contributed by atoms with Crippen molar-refractivity contribution in [1.29, 1.82) is 0 Å². The van der Waals surface area contributed by atoms with Crippen LogP contribution < -0.4 is 9.80 Å². The fourth-order valence-corrected chi connectivity index (χ4v) is 4.30. The molecule has 8 nitrogen and oxygen atoms in total. The molecular weight excluding hydrogens is 390 g/mol. The summed E-state index contributed by atoms with van der Waals surface area (Å²) in [5.41, 5.74) is 1.57. The maximum absolute atomic E-state index is 13.0. The monoisotopic (exact) mass is 417 g/mol. The van der Waals surface area contributed by atoms with Gasteiger partial charge in [-0.15, -0.1) is 10.2 Å². The maximum atomic E-state index is 13.0. The summed E-state index contributed by atoms with van der Waals surface area (Å²) in [6, 6.07) is 13.6. The Bertz CT molecular complexity index is 1000. The van der Waals surface area contributed by atoms with Crippen LogP contribution in [0.2, 0.25) is 0 Å². The summed E-state index contributed by atoms with van der Waals surface area (Å²) in [6.45, 7) is 4.97. The summed E-state index contributed by atoms with van der Waals surface area (Å²) in [5, 5.41) is 13.2. The molecule has 0 aliphatic carbocycles. The SMILES string of the molecule is O=C(c1cccc(-n2cccn2)c1)N1CCN(c2ccc(N3CCCCC3)nn2)CC1. The lowest BCUT2D eigenvalue weighted by molar-refractivity contribution is 0.0746. The topological polar surface area (TPSA) is 70.4 Å². The van der Waals surface area contributed by atoms with Gasteiger partial charge in [0.05, 0.1) is 5.69 Å². The number of hydrogen-bond donors (Lipinski definition) is 0. The third-order valence-corrected chi connectivity index (χ3v) is 6.07. The van der Waals surface area contributed by atoms with Gasteiger partial charge in [0.2, 0.25) is 0 Å². The maximum Gasteiger partial charge on any atom is 0.254 e. The molecule has 2 aliphatic heterocycles. The molecule has 5 rings (SSSR count). The summed E-state index contributed by atoms with van der Waals surface area (Å²) in [6.07, 6.45) is 7.36. The van der Waals surface area contributed by atoms with Crippen LogP contribution in [0.3, 0.4) is 0 Å². The largest absolute Gasteiger partial charge is 0.355 e. The summed E-state index contributed by atoms with van der Waals surface area (Å²) < 4.78 is 1.76. The molecule has 0 unspecified atom stereocenters. The molecule has 0 radical (unpaired) electrons. The van der Waals surface area contributed by atoms with Gasteiger partial charge in [-0.1, -0.05) is 6.07 Å². The molecule has 4 heterocycles. The van der Waals surface area contributed by atoms with Gasteiger partial charge in [-0.2, -0.15) is 5.10 Å². The Labute approximate surface area is 182 Å². The molecule has 160 valence electrons. The Morgan fingerprint density at radius 1 is 0.774 bits per heavy atom. The van der Waals surface area contributed by atoms with Gasteiger partial charge in [-0.05, 0) is 55.7 Å². The molecular formula is C23H27N7O. The highest BCUT2D eigenvalue weighted by Crippen LogP contribution is 2.20. The number of hydrogen-bond acceptors (Lipinski definition) is 6. The summed E-state index contributed by atoms with van der Waals surface area (Å²) in [5.74, 6) is 1.91. The Morgan fingerprint density at radius 2 is 1.48 bits per heavy atom. The molecule has 1 amide bonds. The molecule has 8 heteroatoms. The number of benzene rings is 1. The van der Waals surface area contributed by atoms with E-state index in [1.807, 2.05) is 41.4 Å². The second-order valence-corrected chi connectivity index (χ2v) is 8.08. The Balaban J connectivity index is 1.20. The molecule has 0 spiro atoms. The van der Waals surface area contributed by atoms with Crippen molar-refractivity contribution in [3.63, 3.8) is 0 Å². The third-order valence-electron chi connectivity index (χ3n) is 6.07. The molecule has 2 fully saturated rings. The van der Waals surface area contributed by atoms with Crippen molar-refractivity contribution in [1.82, 2.24) is 24.9 Å². The van der Waals surface area contributed by atoms with Crippen molar-refractivity contribution in [2.45, 2.75) is 19.3 Å². The third kappa shape index (κ3) is 4.23. The first-order valence-corrected chi connectivity index (χ1v) is 11.0. The molecule has 0 bridgehead atoms. The van der Waals surface area contributed by atoms with Crippen molar-refractivity contribution in [2.24, 2.45) is 0 Å². The van der Waals surface area contributed by atoms with Crippen LogP contribution in [0.4, 0.5) is 11.6 Å². The number of anilines is 2. The fourth-order valence-electron chi connectivity index (χ4n) is 4.30. The zero-order valence-electron chi connectivity index (χ0n) is 17.6. The van der Waals surface area contributed by atoms with Crippen LogP contribution in [-0.4, -0.2) is 70.1 Å². The minimum atomic E-state index is 0.0557. The van der Waals surface area contributed by atoms with E-state index < -0.39 is 0 Å². The molecule has 0 atom stereocenters. The Kier molecular flexibility index (Phi) is 5.52. The smallest absolute Gasteiger partial charge is 0.254 e. The normalized spacial score (nSPS) is 17.1. The van der Waals surface area contributed by atoms with E-state index in [2.05, 4.69) is 37.2 Å². The highest BCUT2D eigenvalue weighted by molar-refractivity contribution is 5.95. The Hall–Kier alpha value is -3.42. The number of carbonyl (C=O) groups is 1. The van der Waals surface area contributed by atoms with Gasteiger partial charge < -0.3 is 14.7 Å². The van der Waals surface area contributed by atoms with Gasteiger partial charge >= 0.3 is 0 Å². The quantitative estimate of drug-likeness (QED) is 0.650. The summed E-state index contributed by atoms with van der Waals surface area (Å²) in [4.78, 5) is 19.5. The lowest BCUT2D eigenvalue weighted by Crippen LogP contribution is -2.49. The average Bonchev–Trinajstić information content (AvgIpc) is 3.40. The van der Waals surface area contributed by atoms with E-state index in [-0.39, 0.29) is 5.91 Å². The predicted molar refractivity (Wildman–Crippen MR) is 120 cm³/mol. The molecule has 2 aromatic heterocycles. The standard InChI is InChI=1S/C23H27N7O/c31-23(19-6-4-7-20(18-19)30-13-5-10-24-30)29-16-14-28(15-17-29)22-9-8-21(25-26-22)27-11-2-1-3-12-27/h4-10,13,18H,1-3,11-12,14-17H2. The number of carbonyl (C=O) groups excluding carboxylic acids is 1. The van der Waals surface area contributed by atoms with Gasteiger partial charge in [0.1, 0.15) is 0 Å². The van der Waals surface area contributed by atoms with E-state index in [0.29, 0.717) is 18.7 Å². The van der Waals surface area contributed by atoms with Crippen molar-refractivity contribution in [3.8, 4) is 5.69 Å². The second kappa shape index (κ2) is 8.75. The average molecular weight is 418 g/mol. The van der Waals surface area contributed by atoms with Crippen LogP contribution >= 0.6 is 0 Å². The summed E-state index contributed by atoms with van der Waals surface area (Å²) in [7, 11) is 0. The van der Waals surface area contributed by atoms with Crippen LogP contribution in [0.25, 0.3) is 5.69 Å². The van der Waals surface area contributed by atoms with Gasteiger partial charge in [0.25, 0.3) is 5.91 Å². The number of aromatic nitrogens is 4. The van der Waals surface area contributed by atoms with Crippen LogP contribution in [0, 0.1) is 0 Å². The van der Waals surface area contributed by atoms with E-state index in [1.165, 1.54) is 19.3 Å². The fraction of sp³-hybridized carbons (Fsp3) is 0.391. The van der Waals surface area contributed by atoms with Crippen molar-refractivity contribution in [2.75, 3.05) is 49.1 Å². The zero-order chi connectivity index (χ0) is 21.0. The van der Waals surface area contributed by atoms with Gasteiger partial charge in [-0.3, -0.25) is 4.79 Å². The van der Waals surface area contributed by atoms with Crippen molar-refractivity contribution in [3.05, 3.63) is 60.4 Å². The minimum absolute atomic E-state index is 0.0557. The first-order chi connectivity index (χ1) is 15.3. The van der Waals surface area contributed by atoms with E-state index in [0.717, 1.165) is 43.5 Å². The number of rotatable bonds is 4. The molecule has 0 saturated carbocycles. The molecule has 0 N–H and O–H groups in total. The second-order valence-electron chi connectivity index (χ2n) is 8.08. The number of piperidine rings is 1. The van der Waals surface area contributed by atoms with E-state index in [9.17, 15) is 4.79 Å². The summed E-state index contributed by atoms with van der Waals surface area (Å²) >= 11 is 0. The highest BCUT2D eigenvalue weighted by Gasteiger charge is 2.23. The molecule has 1 aromatic carbocycles. The highest BCUT2D eigenvalue weighted by atomic mass is 16.2.